The Balaban J connectivity index is 1.40. The fourth-order valence-corrected chi connectivity index (χ4v) is 5.14. The molecule has 3 aromatic rings. The molecule has 0 spiro atoms. The second kappa shape index (κ2) is 10.6. The smallest absolute Gasteiger partial charge is 0.275 e. The van der Waals surface area contributed by atoms with Crippen molar-refractivity contribution >= 4 is 40.3 Å². The Bertz CT molecular complexity index is 1170. The number of carbonyl (C=O) groups excluding carboxylic acids is 1. The molecule has 1 aromatic heterocycles. The number of aromatic nitrogens is 1. The van der Waals surface area contributed by atoms with Crippen LogP contribution in [-0.4, -0.2) is 40.5 Å². The fraction of sp³-hybridized carbons (Fsp3) is 0.269. The minimum Gasteiger partial charge on any atom is -0.352 e. The molecule has 2 heterocycles. The van der Waals surface area contributed by atoms with Gasteiger partial charge in [-0.2, -0.15) is 0 Å². The van der Waals surface area contributed by atoms with Crippen molar-refractivity contribution in [3.63, 3.8) is 0 Å². The van der Waals surface area contributed by atoms with Crippen LogP contribution in [0.5, 0.6) is 0 Å². The van der Waals surface area contributed by atoms with E-state index in [2.05, 4.69) is 57.6 Å². The highest BCUT2D eigenvalue weighted by atomic mass is 32.1. The molecule has 2 aromatic carbocycles. The lowest BCUT2D eigenvalue weighted by Crippen LogP contribution is -2.44. The molecule has 0 unspecified atom stereocenters. The van der Waals surface area contributed by atoms with E-state index in [1.165, 1.54) is 5.56 Å². The first-order chi connectivity index (χ1) is 16.0. The van der Waals surface area contributed by atoms with Crippen LogP contribution in [0.4, 0.5) is 5.69 Å². The normalized spacial score (nSPS) is 13.9. The van der Waals surface area contributed by atoms with Crippen LogP contribution in [0.25, 0.3) is 11.1 Å². The molecule has 1 aliphatic rings. The fourth-order valence-electron chi connectivity index (χ4n) is 3.91. The highest BCUT2D eigenvalue weighted by molar-refractivity contribution is 7.80. The molecule has 1 aliphatic heterocycles. The van der Waals surface area contributed by atoms with Crippen molar-refractivity contribution in [1.82, 2.24) is 15.2 Å². The summed E-state index contributed by atoms with van der Waals surface area (Å²) in [6.07, 6.45) is 7.19. The molecule has 0 saturated carbocycles. The van der Waals surface area contributed by atoms with Gasteiger partial charge in [0.05, 0.1) is 11.6 Å². The molecule has 0 radical (unpaired) electrons. The first kappa shape index (κ1) is 23.0. The maximum atomic E-state index is 13.0. The van der Waals surface area contributed by atoms with E-state index >= 15 is 0 Å². The van der Waals surface area contributed by atoms with Crippen molar-refractivity contribution in [3.05, 3.63) is 70.2 Å². The number of thiocarbonyl (C=S) groups is 1. The third-order valence-electron chi connectivity index (χ3n) is 5.77. The Labute approximate surface area is 204 Å². The quantitative estimate of drug-likeness (QED) is 0.400. The second-order valence-electron chi connectivity index (χ2n) is 8.06. The van der Waals surface area contributed by atoms with E-state index in [1.54, 1.807) is 11.3 Å². The van der Waals surface area contributed by atoms with Gasteiger partial charge >= 0.3 is 0 Å². The van der Waals surface area contributed by atoms with Gasteiger partial charge in [-0.3, -0.25) is 4.79 Å². The van der Waals surface area contributed by atoms with Gasteiger partial charge in [0.25, 0.3) is 5.91 Å². The van der Waals surface area contributed by atoms with Gasteiger partial charge < -0.3 is 15.5 Å². The van der Waals surface area contributed by atoms with E-state index in [1.807, 2.05) is 29.6 Å². The summed E-state index contributed by atoms with van der Waals surface area (Å²) >= 11 is 6.96. The molecule has 168 valence electrons. The molecule has 4 rings (SSSR count). The standard InChI is InChI=1S/C26H26N4OS2/c1-3-14-27-26(32)30-15-12-20(13-16-30)25-29-23(17-33-25)24(31)28-22-7-5-4-6-21(22)19-10-8-18(2)9-11-19/h1,4-11,17,20H,12-16H2,2H3,(H,27,32)(H,28,31). The number of thiazole rings is 1. The first-order valence-electron chi connectivity index (χ1n) is 10.9. The van der Waals surface area contributed by atoms with Crippen LogP contribution >= 0.6 is 23.6 Å². The number of piperidine rings is 1. The highest BCUT2D eigenvalue weighted by Crippen LogP contribution is 2.32. The molecule has 0 aliphatic carbocycles. The van der Waals surface area contributed by atoms with Gasteiger partial charge in [-0.25, -0.2) is 4.98 Å². The third kappa shape index (κ3) is 5.59. The number of para-hydroxylation sites is 1. The third-order valence-corrected chi connectivity index (χ3v) is 7.18. The minimum absolute atomic E-state index is 0.186. The van der Waals surface area contributed by atoms with Crippen LogP contribution in [-0.2, 0) is 0 Å². The minimum atomic E-state index is -0.186. The van der Waals surface area contributed by atoms with Crippen molar-refractivity contribution < 1.29 is 4.79 Å². The number of amides is 1. The Kier molecular flexibility index (Phi) is 7.38. The van der Waals surface area contributed by atoms with Crippen molar-refractivity contribution in [2.45, 2.75) is 25.7 Å². The molecule has 5 nitrogen and oxygen atoms in total. The van der Waals surface area contributed by atoms with Gasteiger partial charge in [0.15, 0.2) is 5.11 Å². The summed E-state index contributed by atoms with van der Waals surface area (Å²) in [7, 11) is 0. The van der Waals surface area contributed by atoms with Crippen molar-refractivity contribution in [2.75, 3.05) is 25.0 Å². The largest absolute Gasteiger partial charge is 0.352 e. The summed E-state index contributed by atoms with van der Waals surface area (Å²) in [5.74, 6) is 2.70. The predicted molar refractivity (Wildman–Crippen MR) is 140 cm³/mol. The number of anilines is 1. The maximum absolute atomic E-state index is 13.0. The number of rotatable bonds is 5. The van der Waals surface area contributed by atoms with E-state index < -0.39 is 0 Å². The molecule has 2 N–H and O–H groups in total. The van der Waals surface area contributed by atoms with Crippen molar-refractivity contribution in [2.24, 2.45) is 0 Å². The topological polar surface area (TPSA) is 57.3 Å². The molecular formula is C26H26N4OS2. The zero-order valence-corrected chi connectivity index (χ0v) is 20.1. The van der Waals surface area contributed by atoms with E-state index in [-0.39, 0.29) is 5.91 Å². The van der Waals surface area contributed by atoms with Gasteiger partial charge in [0.1, 0.15) is 5.69 Å². The lowest BCUT2D eigenvalue weighted by atomic mass is 9.98. The van der Waals surface area contributed by atoms with Crippen LogP contribution in [0, 0.1) is 19.3 Å². The number of hydrogen-bond donors (Lipinski definition) is 2. The Morgan fingerprint density at radius 1 is 1.21 bits per heavy atom. The van der Waals surface area contributed by atoms with Gasteiger partial charge in [0, 0.05) is 35.6 Å². The average molecular weight is 475 g/mol. The van der Waals surface area contributed by atoms with Crippen molar-refractivity contribution in [3.8, 4) is 23.5 Å². The Morgan fingerprint density at radius 3 is 2.67 bits per heavy atom. The average Bonchev–Trinajstić information content (AvgIpc) is 3.34. The van der Waals surface area contributed by atoms with Gasteiger partial charge in [-0.05, 0) is 43.6 Å². The number of carbonyl (C=O) groups is 1. The van der Waals surface area contributed by atoms with Crippen LogP contribution < -0.4 is 10.6 Å². The summed E-state index contributed by atoms with van der Waals surface area (Å²) < 4.78 is 0. The molecular weight excluding hydrogens is 448 g/mol. The number of terminal acetylenes is 1. The first-order valence-corrected chi connectivity index (χ1v) is 12.2. The number of benzene rings is 2. The van der Waals surface area contributed by atoms with Crippen LogP contribution in [0.15, 0.2) is 53.9 Å². The second-order valence-corrected chi connectivity index (χ2v) is 9.34. The van der Waals surface area contributed by atoms with E-state index in [0.717, 1.165) is 47.8 Å². The summed E-state index contributed by atoms with van der Waals surface area (Å²) in [5.41, 5.74) is 4.50. The number of nitrogens with zero attached hydrogens (tertiary/aromatic N) is 2. The molecule has 1 fully saturated rings. The summed E-state index contributed by atoms with van der Waals surface area (Å²) in [5, 5.41) is 9.69. The summed E-state index contributed by atoms with van der Waals surface area (Å²) in [4.78, 5) is 19.8. The predicted octanol–water partition coefficient (Wildman–Crippen LogP) is 5.06. The number of aryl methyl sites for hydroxylation is 1. The molecule has 33 heavy (non-hydrogen) atoms. The lowest BCUT2D eigenvalue weighted by Gasteiger charge is -2.32. The van der Waals surface area contributed by atoms with Crippen LogP contribution in [0.1, 0.15) is 39.8 Å². The van der Waals surface area contributed by atoms with Gasteiger partial charge in [-0.1, -0.05) is 53.9 Å². The molecule has 1 saturated heterocycles. The molecule has 0 bridgehead atoms. The van der Waals surface area contributed by atoms with Gasteiger partial charge in [0.2, 0.25) is 0 Å². The lowest BCUT2D eigenvalue weighted by molar-refractivity contribution is 0.102. The SMILES string of the molecule is C#CCNC(=S)N1CCC(c2nc(C(=O)Nc3ccccc3-c3ccc(C)cc3)cs2)CC1. The van der Waals surface area contributed by atoms with Crippen molar-refractivity contribution in [1.29, 1.82) is 0 Å². The van der Waals surface area contributed by atoms with Crippen LogP contribution in [0.2, 0.25) is 0 Å². The number of likely N-dealkylation sites (tertiary alicyclic amines) is 1. The molecule has 7 heteroatoms. The molecule has 1 amide bonds. The van der Waals surface area contributed by atoms with E-state index in [4.69, 9.17) is 18.6 Å². The number of nitrogens with one attached hydrogen (secondary N) is 2. The van der Waals surface area contributed by atoms with Crippen LogP contribution in [0.3, 0.4) is 0 Å². The summed E-state index contributed by atoms with van der Waals surface area (Å²) in [6.45, 7) is 4.21. The van der Waals surface area contributed by atoms with Gasteiger partial charge in [-0.15, -0.1) is 17.8 Å². The Hall–Kier alpha value is -3.21. The summed E-state index contributed by atoms with van der Waals surface area (Å²) in [6, 6.07) is 16.1. The maximum Gasteiger partial charge on any atom is 0.275 e. The zero-order chi connectivity index (χ0) is 23.2. The van der Waals surface area contributed by atoms with E-state index in [9.17, 15) is 4.79 Å². The van der Waals surface area contributed by atoms with E-state index in [0.29, 0.717) is 23.3 Å². The molecule has 0 atom stereocenters. The monoisotopic (exact) mass is 474 g/mol. The zero-order valence-electron chi connectivity index (χ0n) is 18.5. The Morgan fingerprint density at radius 2 is 1.94 bits per heavy atom. The number of hydrogen-bond acceptors (Lipinski definition) is 4. The highest BCUT2D eigenvalue weighted by Gasteiger charge is 2.25.